The van der Waals surface area contributed by atoms with Crippen LogP contribution < -0.4 is 4.74 Å². The van der Waals surface area contributed by atoms with Gasteiger partial charge in [-0.05, 0) is 87.1 Å². The lowest BCUT2D eigenvalue weighted by atomic mass is 9.69. The molecule has 2 aromatic heterocycles. The van der Waals surface area contributed by atoms with E-state index in [1.807, 2.05) is 62.7 Å². The number of carbonyl (C=O) groups is 1. The van der Waals surface area contributed by atoms with Gasteiger partial charge in [0.05, 0.1) is 30.7 Å². The number of benzene rings is 2. The van der Waals surface area contributed by atoms with E-state index in [0.717, 1.165) is 44.4 Å². The van der Waals surface area contributed by atoms with Gasteiger partial charge in [-0.25, -0.2) is 18.1 Å². The zero-order valence-electron chi connectivity index (χ0n) is 27.2. The molecule has 1 N–H and O–H groups in total. The summed E-state index contributed by atoms with van der Waals surface area (Å²) >= 11 is 0. The van der Waals surface area contributed by atoms with Gasteiger partial charge >= 0.3 is 5.97 Å². The second-order valence-corrected chi connectivity index (χ2v) is 15.1. The molecule has 244 valence electrons. The van der Waals surface area contributed by atoms with Crippen molar-refractivity contribution < 1.29 is 27.8 Å². The number of carboxylic acids is 1. The Balaban J connectivity index is 1.46. The van der Waals surface area contributed by atoms with Gasteiger partial charge < -0.3 is 14.6 Å². The number of sulfonamides is 1. The Morgan fingerprint density at radius 2 is 1.85 bits per heavy atom. The number of aromatic nitrogens is 4. The van der Waals surface area contributed by atoms with E-state index in [0.29, 0.717) is 32.6 Å². The van der Waals surface area contributed by atoms with E-state index in [1.54, 1.807) is 26.1 Å². The van der Waals surface area contributed by atoms with E-state index in [2.05, 4.69) is 15.3 Å². The number of hydrogen-bond acceptors (Lipinski definition) is 8. The maximum atomic E-state index is 14.3. The number of rotatable bonds is 7. The number of ether oxygens (including phenoxy) is 2. The zero-order valence-corrected chi connectivity index (χ0v) is 28.0. The van der Waals surface area contributed by atoms with Gasteiger partial charge in [-0.15, -0.1) is 5.10 Å². The van der Waals surface area contributed by atoms with Gasteiger partial charge in [-0.1, -0.05) is 29.5 Å². The predicted molar refractivity (Wildman–Crippen MR) is 172 cm³/mol. The highest BCUT2D eigenvalue weighted by atomic mass is 32.2. The number of pyridine rings is 1. The molecule has 2 aliphatic heterocycles. The Bertz CT molecular complexity index is 1930. The monoisotopic (exact) mass is 647 g/mol. The summed E-state index contributed by atoms with van der Waals surface area (Å²) in [6.07, 6.45) is 2.69. The highest BCUT2D eigenvalue weighted by Crippen LogP contribution is 2.45. The molecule has 1 fully saturated rings. The van der Waals surface area contributed by atoms with Gasteiger partial charge in [0.15, 0.2) is 0 Å². The van der Waals surface area contributed by atoms with Crippen molar-refractivity contribution in [2.75, 3.05) is 19.8 Å². The lowest BCUT2D eigenvalue weighted by Crippen LogP contribution is -2.50. The Morgan fingerprint density at radius 1 is 1.11 bits per heavy atom. The fourth-order valence-electron chi connectivity index (χ4n) is 6.79. The third-order valence-corrected chi connectivity index (χ3v) is 11.5. The van der Waals surface area contributed by atoms with Gasteiger partial charge in [0.1, 0.15) is 16.0 Å². The van der Waals surface area contributed by atoms with Crippen LogP contribution in [-0.4, -0.2) is 69.1 Å². The minimum absolute atomic E-state index is 0.0543. The molecule has 11 nitrogen and oxygen atoms in total. The average Bonchev–Trinajstić information content (AvgIpc) is 3.41. The van der Waals surface area contributed by atoms with Gasteiger partial charge in [-0.3, -0.25) is 4.79 Å². The molecule has 6 rings (SSSR count). The third-order valence-electron chi connectivity index (χ3n) is 9.67. The van der Waals surface area contributed by atoms with Gasteiger partial charge in [0, 0.05) is 38.0 Å². The second kappa shape index (κ2) is 11.7. The van der Waals surface area contributed by atoms with Crippen LogP contribution in [0.4, 0.5) is 0 Å². The molecule has 2 aliphatic rings. The van der Waals surface area contributed by atoms with Crippen LogP contribution in [0.5, 0.6) is 5.88 Å². The average molecular weight is 648 g/mol. The van der Waals surface area contributed by atoms with Crippen molar-refractivity contribution in [2.24, 2.45) is 5.41 Å². The normalized spacial score (nSPS) is 18.6. The molecular formula is C34H41N5O6S. The van der Waals surface area contributed by atoms with Crippen LogP contribution in [0.15, 0.2) is 47.5 Å². The molecule has 12 heteroatoms. The van der Waals surface area contributed by atoms with E-state index in [9.17, 15) is 18.3 Å². The van der Waals surface area contributed by atoms with Crippen molar-refractivity contribution in [1.29, 1.82) is 0 Å². The molecule has 2 aromatic carbocycles. The highest BCUT2D eigenvalue weighted by Gasteiger charge is 2.46. The molecule has 0 aliphatic carbocycles. The van der Waals surface area contributed by atoms with Gasteiger partial charge in [-0.2, -0.15) is 4.31 Å². The third kappa shape index (κ3) is 5.46. The summed E-state index contributed by atoms with van der Waals surface area (Å²) in [5, 5.41) is 19.2. The zero-order chi connectivity index (χ0) is 33.0. The minimum atomic E-state index is -4.00. The number of fused-ring (bicyclic) bond motifs is 2. The fraction of sp³-hybridized carbons (Fsp3) is 0.471. The van der Waals surface area contributed by atoms with E-state index in [1.165, 1.54) is 4.31 Å². The van der Waals surface area contributed by atoms with Gasteiger partial charge in [0.25, 0.3) is 0 Å². The number of aryl methyl sites for hydroxylation is 4. The summed E-state index contributed by atoms with van der Waals surface area (Å²) in [4.78, 5) is 17.2. The van der Waals surface area contributed by atoms with Crippen LogP contribution in [0.3, 0.4) is 0 Å². The molecule has 0 unspecified atom stereocenters. The molecule has 4 aromatic rings. The predicted octanol–water partition coefficient (Wildman–Crippen LogP) is 5.15. The summed E-state index contributed by atoms with van der Waals surface area (Å²) in [6, 6.07) is 11.4. The Morgan fingerprint density at radius 3 is 2.54 bits per heavy atom. The molecule has 1 spiro atoms. The van der Waals surface area contributed by atoms with Crippen LogP contribution >= 0.6 is 0 Å². The molecule has 0 amide bonds. The number of nitrogens with zero attached hydrogens (tertiary/aromatic N) is 5. The van der Waals surface area contributed by atoms with Crippen molar-refractivity contribution in [3.63, 3.8) is 0 Å². The van der Waals surface area contributed by atoms with Crippen molar-refractivity contribution in [1.82, 2.24) is 24.3 Å². The maximum Gasteiger partial charge on any atom is 0.310 e. The smallest absolute Gasteiger partial charge is 0.310 e. The molecule has 1 atom stereocenters. The first-order chi connectivity index (χ1) is 21.8. The van der Waals surface area contributed by atoms with E-state index >= 15 is 0 Å². The lowest BCUT2D eigenvalue weighted by molar-refractivity contribution is -0.147. The fourth-order valence-corrected chi connectivity index (χ4v) is 8.43. The van der Waals surface area contributed by atoms with Crippen LogP contribution in [0, 0.1) is 26.2 Å². The summed E-state index contributed by atoms with van der Waals surface area (Å²) in [5.41, 5.74) is 4.53. The Kier molecular flexibility index (Phi) is 8.19. The van der Waals surface area contributed by atoms with E-state index in [-0.39, 0.29) is 23.9 Å². The second-order valence-electron chi connectivity index (χ2n) is 13.2. The Hall–Kier alpha value is -3.87. The minimum Gasteiger partial charge on any atom is -0.481 e. The number of carboxylic acid groups (broad SMARTS) is 1. The molecule has 46 heavy (non-hydrogen) atoms. The SMILES string of the molecule is CCn1nnc2c(C)c([C@H](c3ccc(C)c(CN4CC5(CCOCC5)Oc5ncc(C)cc5S4(=O)=O)c3)C(C)(C)C(=O)O)ccc21. The van der Waals surface area contributed by atoms with Crippen LogP contribution in [0.2, 0.25) is 0 Å². The number of hydrogen-bond donors (Lipinski definition) is 1. The molecule has 0 saturated carbocycles. The first-order valence-electron chi connectivity index (χ1n) is 15.7. The van der Waals surface area contributed by atoms with Crippen molar-refractivity contribution in [2.45, 2.75) is 83.9 Å². The molecule has 0 bridgehead atoms. The topological polar surface area (TPSA) is 137 Å². The molecule has 4 heterocycles. The molecule has 1 saturated heterocycles. The van der Waals surface area contributed by atoms with Crippen molar-refractivity contribution >= 4 is 27.0 Å². The van der Waals surface area contributed by atoms with E-state index in [4.69, 9.17) is 9.47 Å². The van der Waals surface area contributed by atoms with E-state index < -0.39 is 32.9 Å². The van der Waals surface area contributed by atoms with Crippen molar-refractivity contribution in [3.8, 4) is 5.88 Å². The molecular weight excluding hydrogens is 606 g/mol. The lowest BCUT2D eigenvalue weighted by Gasteiger charge is -2.38. The molecule has 0 radical (unpaired) electrons. The highest BCUT2D eigenvalue weighted by molar-refractivity contribution is 7.89. The summed E-state index contributed by atoms with van der Waals surface area (Å²) in [6.45, 7) is 13.0. The standard InChI is InChI=1S/C34H41N5O6S/c1-7-39-27-11-10-26(23(4)30(27)36-37-39)29(33(5,6)32(40)41)24-9-8-22(3)25(17-24)19-38-20-34(12-14-44-15-13-34)45-31-28(46(38,42)43)16-21(2)18-35-31/h8-11,16-18,29H,7,12-15,19-20H2,1-6H3,(H,40,41)/t29-/m0/s1. The summed E-state index contributed by atoms with van der Waals surface area (Å²) in [5.74, 6) is -1.38. The maximum absolute atomic E-state index is 14.3. The largest absolute Gasteiger partial charge is 0.481 e. The van der Waals surface area contributed by atoms with Gasteiger partial charge in [0.2, 0.25) is 15.9 Å². The Labute approximate surface area is 269 Å². The summed E-state index contributed by atoms with van der Waals surface area (Å²) in [7, 11) is -4.00. The van der Waals surface area contributed by atoms with Crippen LogP contribution in [0.25, 0.3) is 11.0 Å². The first-order valence-corrected chi connectivity index (χ1v) is 17.1. The quantitative estimate of drug-likeness (QED) is 0.289. The van der Waals surface area contributed by atoms with Crippen LogP contribution in [0.1, 0.15) is 72.9 Å². The van der Waals surface area contributed by atoms with Crippen LogP contribution in [-0.2, 0) is 32.6 Å². The summed E-state index contributed by atoms with van der Waals surface area (Å²) < 4.78 is 43.9. The number of aliphatic carboxylic acids is 1. The van der Waals surface area contributed by atoms with Crippen molar-refractivity contribution in [3.05, 3.63) is 76.0 Å². The first kappa shape index (κ1) is 32.1.